The fourth-order valence-corrected chi connectivity index (χ4v) is 2.43. The molecule has 1 heterocycles. The number of amides is 1. The van der Waals surface area contributed by atoms with E-state index in [9.17, 15) is 4.79 Å². The molecule has 3 aromatic rings. The van der Waals surface area contributed by atoms with E-state index in [2.05, 4.69) is 10.3 Å². The minimum atomic E-state index is -0.210. The zero-order valence-corrected chi connectivity index (χ0v) is 13.1. The van der Waals surface area contributed by atoms with Gasteiger partial charge in [-0.1, -0.05) is 48.0 Å². The molecule has 1 N–H and O–H groups in total. The van der Waals surface area contributed by atoms with Gasteiger partial charge in [0, 0.05) is 23.2 Å². The largest absolute Gasteiger partial charge is 0.481 e. The summed E-state index contributed by atoms with van der Waals surface area (Å²) < 4.78 is 5.59. The molecule has 3 rings (SSSR count). The van der Waals surface area contributed by atoms with E-state index in [1.54, 1.807) is 18.3 Å². The van der Waals surface area contributed by atoms with Crippen LogP contribution in [0.4, 0.5) is 0 Å². The Balaban J connectivity index is 1.59. The van der Waals surface area contributed by atoms with Gasteiger partial charge < -0.3 is 10.1 Å². The maximum absolute atomic E-state index is 11.9. The molecule has 0 aliphatic carbocycles. The Morgan fingerprint density at radius 1 is 1.09 bits per heavy atom. The number of hydrogen-bond acceptors (Lipinski definition) is 3. The van der Waals surface area contributed by atoms with Gasteiger partial charge in [0.15, 0.2) is 6.61 Å². The molecule has 0 saturated heterocycles. The van der Waals surface area contributed by atoms with Gasteiger partial charge in [0.25, 0.3) is 5.91 Å². The number of fused-ring (bicyclic) bond motifs is 1. The molecule has 23 heavy (non-hydrogen) atoms. The van der Waals surface area contributed by atoms with E-state index in [1.165, 1.54) is 0 Å². The number of carbonyl (C=O) groups excluding carboxylic acids is 1. The van der Waals surface area contributed by atoms with Crippen LogP contribution < -0.4 is 10.1 Å². The molecule has 0 bridgehead atoms. The number of nitrogens with one attached hydrogen (secondary N) is 1. The minimum absolute atomic E-state index is 0.0693. The van der Waals surface area contributed by atoms with Crippen LogP contribution >= 0.6 is 11.6 Å². The van der Waals surface area contributed by atoms with Crippen LogP contribution in [0.5, 0.6) is 5.75 Å². The van der Waals surface area contributed by atoms with Crippen LogP contribution in [0.25, 0.3) is 10.9 Å². The fraction of sp³-hybridized carbons (Fsp3) is 0.111. The van der Waals surface area contributed by atoms with E-state index in [-0.39, 0.29) is 12.5 Å². The van der Waals surface area contributed by atoms with Crippen molar-refractivity contribution in [1.82, 2.24) is 10.3 Å². The molecule has 0 radical (unpaired) electrons. The molecule has 0 atom stereocenters. The third-order valence-corrected chi connectivity index (χ3v) is 3.76. The Hall–Kier alpha value is -2.59. The van der Waals surface area contributed by atoms with Crippen molar-refractivity contribution in [1.29, 1.82) is 0 Å². The van der Waals surface area contributed by atoms with Gasteiger partial charge in [-0.2, -0.15) is 0 Å². The summed E-state index contributed by atoms with van der Waals surface area (Å²) in [6, 6.07) is 16.8. The van der Waals surface area contributed by atoms with Gasteiger partial charge in [0.05, 0.1) is 0 Å². The summed E-state index contributed by atoms with van der Waals surface area (Å²) in [4.78, 5) is 16.2. The van der Waals surface area contributed by atoms with Crippen molar-refractivity contribution in [3.8, 4) is 5.75 Å². The molecule has 0 saturated carbocycles. The Labute approximate surface area is 139 Å². The highest BCUT2D eigenvalue weighted by atomic mass is 35.5. The first-order valence-electron chi connectivity index (χ1n) is 7.21. The normalized spacial score (nSPS) is 10.5. The van der Waals surface area contributed by atoms with Gasteiger partial charge in [-0.15, -0.1) is 0 Å². The van der Waals surface area contributed by atoms with E-state index < -0.39 is 0 Å². The standard InChI is InChI=1S/C18H15ClN2O2/c19-15-8-2-1-5-14(15)11-21-17(22)12-23-16-9-3-6-13-7-4-10-20-18(13)16/h1-10H,11-12H2,(H,21,22). The van der Waals surface area contributed by atoms with Crippen LogP contribution in [0.3, 0.4) is 0 Å². The topological polar surface area (TPSA) is 51.2 Å². The molecule has 1 amide bonds. The average molecular weight is 327 g/mol. The Morgan fingerprint density at radius 2 is 1.91 bits per heavy atom. The van der Waals surface area contributed by atoms with Crippen LogP contribution in [-0.4, -0.2) is 17.5 Å². The summed E-state index contributed by atoms with van der Waals surface area (Å²) in [6.45, 7) is 0.301. The minimum Gasteiger partial charge on any atom is -0.481 e. The van der Waals surface area contributed by atoms with Crippen molar-refractivity contribution in [3.05, 3.63) is 71.4 Å². The summed E-state index contributed by atoms with van der Waals surface area (Å²) in [5, 5.41) is 4.39. The molecule has 0 aliphatic heterocycles. The van der Waals surface area contributed by atoms with Crippen molar-refractivity contribution in [2.45, 2.75) is 6.54 Å². The first-order chi connectivity index (χ1) is 11.2. The molecular weight excluding hydrogens is 312 g/mol. The second-order valence-corrected chi connectivity index (χ2v) is 5.40. The molecule has 4 nitrogen and oxygen atoms in total. The molecular formula is C18H15ClN2O2. The van der Waals surface area contributed by atoms with E-state index in [0.717, 1.165) is 16.5 Å². The van der Waals surface area contributed by atoms with Crippen LogP contribution in [-0.2, 0) is 11.3 Å². The summed E-state index contributed by atoms with van der Waals surface area (Å²) in [7, 11) is 0. The molecule has 0 aliphatic rings. The van der Waals surface area contributed by atoms with Crippen molar-refractivity contribution in [2.24, 2.45) is 0 Å². The van der Waals surface area contributed by atoms with Crippen LogP contribution in [0.1, 0.15) is 5.56 Å². The molecule has 5 heteroatoms. The fourth-order valence-electron chi connectivity index (χ4n) is 2.22. The van der Waals surface area contributed by atoms with Crippen molar-refractivity contribution in [3.63, 3.8) is 0 Å². The van der Waals surface area contributed by atoms with Crippen LogP contribution in [0, 0.1) is 0 Å². The summed E-state index contributed by atoms with van der Waals surface area (Å²) >= 11 is 6.06. The number of rotatable bonds is 5. The maximum atomic E-state index is 11.9. The van der Waals surface area contributed by atoms with E-state index >= 15 is 0 Å². The second-order valence-electron chi connectivity index (χ2n) is 4.99. The van der Waals surface area contributed by atoms with Crippen LogP contribution in [0.2, 0.25) is 5.02 Å². The molecule has 116 valence electrons. The van der Waals surface area contributed by atoms with E-state index in [0.29, 0.717) is 17.3 Å². The molecule has 0 unspecified atom stereocenters. The van der Waals surface area contributed by atoms with Crippen molar-refractivity contribution >= 4 is 28.4 Å². The quantitative estimate of drug-likeness (QED) is 0.779. The predicted molar refractivity (Wildman–Crippen MR) is 90.5 cm³/mol. The molecule has 0 spiro atoms. The summed E-state index contributed by atoms with van der Waals surface area (Å²) in [5.41, 5.74) is 1.61. The monoisotopic (exact) mass is 326 g/mol. The number of aromatic nitrogens is 1. The second kappa shape index (κ2) is 7.11. The lowest BCUT2D eigenvalue weighted by atomic mass is 10.2. The van der Waals surface area contributed by atoms with Crippen molar-refractivity contribution in [2.75, 3.05) is 6.61 Å². The van der Waals surface area contributed by atoms with Gasteiger partial charge in [-0.05, 0) is 23.8 Å². The summed E-state index contributed by atoms with van der Waals surface area (Å²) in [6.07, 6.45) is 1.70. The SMILES string of the molecule is O=C(COc1cccc2cccnc12)NCc1ccccc1Cl. The lowest BCUT2D eigenvalue weighted by molar-refractivity contribution is -0.123. The molecule has 1 aromatic heterocycles. The third kappa shape index (κ3) is 3.79. The van der Waals surface area contributed by atoms with Gasteiger partial charge in [0.1, 0.15) is 11.3 Å². The predicted octanol–water partition coefficient (Wildman–Crippen LogP) is 3.58. The van der Waals surface area contributed by atoms with Crippen LogP contribution in [0.15, 0.2) is 60.8 Å². The lowest BCUT2D eigenvalue weighted by Gasteiger charge is -2.10. The third-order valence-electron chi connectivity index (χ3n) is 3.39. The number of carbonyl (C=O) groups is 1. The number of halogens is 1. The van der Waals surface area contributed by atoms with Gasteiger partial charge >= 0.3 is 0 Å². The van der Waals surface area contributed by atoms with E-state index in [1.807, 2.05) is 42.5 Å². The number of ether oxygens (including phenoxy) is 1. The van der Waals surface area contributed by atoms with Crippen molar-refractivity contribution < 1.29 is 9.53 Å². The number of pyridine rings is 1. The molecule has 2 aromatic carbocycles. The zero-order chi connectivity index (χ0) is 16.1. The number of benzene rings is 2. The van der Waals surface area contributed by atoms with E-state index in [4.69, 9.17) is 16.3 Å². The highest BCUT2D eigenvalue weighted by molar-refractivity contribution is 6.31. The first kappa shape index (κ1) is 15.3. The number of hydrogen-bond donors (Lipinski definition) is 1. The Morgan fingerprint density at radius 3 is 2.78 bits per heavy atom. The lowest BCUT2D eigenvalue weighted by Crippen LogP contribution is -2.28. The van der Waals surface area contributed by atoms with Gasteiger partial charge in [-0.3, -0.25) is 9.78 Å². The number of nitrogens with zero attached hydrogens (tertiary/aromatic N) is 1. The highest BCUT2D eigenvalue weighted by Crippen LogP contribution is 2.22. The van der Waals surface area contributed by atoms with Gasteiger partial charge in [-0.25, -0.2) is 0 Å². The highest BCUT2D eigenvalue weighted by Gasteiger charge is 2.07. The van der Waals surface area contributed by atoms with Gasteiger partial charge in [0.2, 0.25) is 0 Å². The Kier molecular flexibility index (Phi) is 4.74. The average Bonchev–Trinajstić information content (AvgIpc) is 2.59. The maximum Gasteiger partial charge on any atom is 0.258 e. The Bertz CT molecular complexity index is 831. The smallest absolute Gasteiger partial charge is 0.258 e. The first-order valence-corrected chi connectivity index (χ1v) is 7.58. The molecule has 0 fully saturated rings. The zero-order valence-electron chi connectivity index (χ0n) is 12.3. The summed E-state index contributed by atoms with van der Waals surface area (Å²) in [5.74, 6) is 0.383. The number of para-hydroxylation sites is 1.